The summed E-state index contributed by atoms with van der Waals surface area (Å²) in [5.74, 6) is -0.438. The summed E-state index contributed by atoms with van der Waals surface area (Å²) in [7, 11) is -2.74. The number of aryl methyl sites for hydroxylation is 2. The summed E-state index contributed by atoms with van der Waals surface area (Å²) in [5.41, 5.74) is 3.71. The molecule has 0 bridgehead atoms. The van der Waals surface area contributed by atoms with Gasteiger partial charge in [0, 0.05) is 23.0 Å². The summed E-state index contributed by atoms with van der Waals surface area (Å²) >= 11 is 1.07. The quantitative estimate of drug-likeness (QED) is 0.670. The van der Waals surface area contributed by atoms with Gasteiger partial charge in [0.2, 0.25) is 5.91 Å². The molecule has 32 heavy (non-hydrogen) atoms. The molecular formula is C23H26N2O5S2. The maximum absolute atomic E-state index is 13.4. The van der Waals surface area contributed by atoms with E-state index in [4.69, 9.17) is 4.74 Å². The summed E-state index contributed by atoms with van der Waals surface area (Å²) in [6.45, 7) is 0.828. The Kier molecular flexibility index (Phi) is 5.49. The van der Waals surface area contributed by atoms with E-state index in [1.54, 1.807) is 11.0 Å². The van der Waals surface area contributed by atoms with E-state index in [0.717, 1.165) is 60.3 Å². The first kappa shape index (κ1) is 21.5. The van der Waals surface area contributed by atoms with Crippen LogP contribution in [-0.2, 0) is 45.4 Å². The average Bonchev–Trinajstić information content (AvgIpc) is 3.35. The first-order valence-electron chi connectivity index (χ1n) is 11.0. The van der Waals surface area contributed by atoms with Crippen LogP contribution >= 0.6 is 11.3 Å². The van der Waals surface area contributed by atoms with Gasteiger partial charge in [-0.05, 0) is 67.3 Å². The van der Waals surface area contributed by atoms with E-state index < -0.39 is 16.0 Å². The molecule has 1 fully saturated rings. The van der Waals surface area contributed by atoms with Crippen molar-refractivity contribution < 1.29 is 22.7 Å². The lowest BCUT2D eigenvalue weighted by molar-refractivity contribution is -0.139. The fourth-order valence-electron chi connectivity index (χ4n) is 4.81. The molecule has 0 saturated heterocycles. The molecule has 2 aromatic rings. The Hall–Kier alpha value is -2.39. The van der Waals surface area contributed by atoms with Crippen LogP contribution in [0.25, 0.3) is 0 Å². The van der Waals surface area contributed by atoms with Crippen molar-refractivity contribution >= 4 is 38.9 Å². The Morgan fingerprint density at radius 3 is 2.62 bits per heavy atom. The number of carbonyl (C=O) groups excluding carboxylic acids is 2. The number of hydrogen-bond donors (Lipinski definition) is 1. The van der Waals surface area contributed by atoms with Gasteiger partial charge < -0.3 is 9.64 Å². The number of nitrogens with one attached hydrogen (secondary N) is 1. The van der Waals surface area contributed by atoms with Crippen LogP contribution in [0.1, 0.15) is 57.6 Å². The van der Waals surface area contributed by atoms with Crippen molar-refractivity contribution in [3.63, 3.8) is 0 Å². The van der Waals surface area contributed by atoms with E-state index in [1.807, 2.05) is 12.1 Å². The number of benzene rings is 1. The van der Waals surface area contributed by atoms with Gasteiger partial charge in [0.1, 0.15) is 0 Å². The summed E-state index contributed by atoms with van der Waals surface area (Å²) in [6, 6.07) is 5.61. The first-order valence-corrected chi connectivity index (χ1v) is 13.3. The summed E-state index contributed by atoms with van der Waals surface area (Å²) < 4.78 is 34.3. The molecule has 9 heteroatoms. The van der Waals surface area contributed by atoms with Gasteiger partial charge in [-0.3, -0.25) is 9.52 Å². The molecule has 0 unspecified atom stereocenters. The highest BCUT2D eigenvalue weighted by Gasteiger charge is 2.37. The third-order valence-electron chi connectivity index (χ3n) is 6.77. The zero-order valence-electron chi connectivity index (χ0n) is 18.0. The molecule has 0 radical (unpaired) electrons. The Balaban J connectivity index is 1.47. The van der Waals surface area contributed by atoms with Crippen molar-refractivity contribution in [1.29, 1.82) is 0 Å². The molecule has 1 saturated carbocycles. The van der Waals surface area contributed by atoms with Crippen molar-refractivity contribution in [2.75, 3.05) is 18.4 Å². The van der Waals surface area contributed by atoms with Crippen LogP contribution in [0.15, 0.2) is 22.4 Å². The number of fused-ring (bicyclic) bond motifs is 2. The van der Waals surface area contributed by atoms with Gasteiger partial charge in [0.05, 0.1) is 19.2 Å². The van der Waals surface area contributed by atoms with Crippen molar-refractivity contribution in [3.8, 4) is 0 Å². The number of carbonyl (C=O) groups is 2. The van der Waals surface area contributed by atoms with E-state index in [-0.39, 0.29) is 21.6 Å². The van der Waals surface area contributed by atoms with Crippen LogP contribution in [0, 0.1) is 5.92 Å². The van der Waals surface area contributed by atoms with Gasteiger partial charge in [-0.2, -0.15) is 0 Å². The minimum Gasteiger partial charge on any atom is -0.465 e. The molecule has 3 aliphatic rings. The molecular weight excluding hydrogens is 448 g/mol. The number of thiophene rings is 1. The van der Waals surface area contributed by atoms with Gasteiger partial charge in [0.15, 0.2) is 4.21 Å². The number of ether oxygens (including phenoxy) is 1. The van der Waals surface area contributed by atoms with E-state index >= 15 is 0 Å². The van der Waals surface area contributed by atoms with E-state index in [0.29, 0.717) is 30.8 Å². The number of methoxy groups -OCH3 is 1. The molecule has 1 aromatic carbocycles. The lowest BCUT2D eigenvalue weighted by atomic mass is 9.84. The molecule has 2 heterocycles. The normalized spacial score (nSPS) is 18.0. The zero-order chi connectivity index (χ0) is 22.5. The van der Waals surface area contributed by atoms with Gasteiger partial charge in [0.25, 0.3) is 10.0 Å². The van der Waals surface area contributed by atoms with Crippen molar-refractivity contribution in [2.24, 2.45) is 5.92 Å². The molecule has 1 aliphatic heterocycles. The number of nitrogens with zero attached hydrogens (tertiary/aromatic N) is 1. The number of anilines is 1. The Morgan fingerprint density at radius 1 is 1.12 bits per heavy atom. The monoisotopic (exact) mass is 474 g/mol. The van der Waals surface area contributed by atoms with Crippen LogP contribution in [0.2, 0.25) is 0 Å². The van der Waals surface area contributed by atoms with Crippen molar-refractivity contribution in [2.45, 2.75) is 55.7 Å². The van der Waals surface area contributed by atoms with E-state index in [1.165, 1.54) is 12.7 Å². The van der Waals surface area contributed by atoms with Gasteiger partial charge in [-0.15, -0.1) is 11.3 Å². The Labute approximate surface area is 191 Å². The molecule has 2 aliphatic carbocycles. The maximum Gasteiger partial charge on any atom is 0.340 e. The number of esters is 1. The summed E-state index contributed by atoms with van der Waals surface area (Å²) in [4.78, 5) is 27.9. The number of rotatable bonds is 5. The largest absolute Gasteiger partial charge is 0.465 e. The lowest BCUT2D eigenvalue weighted by Gasteiger charge is -2.34. The summed E-state index contributed by atoms with van der Waals surface area (Å²) in [5, 5.41) is 0. The minimum atomic E-state index is -3.99. The zero-order valence-corrected chi connectivity index (χ0v) is 19.6. The van der Waals surface area contributed by atoms with Crippen LogP contribution in [0.3, 0.4) is 0 Å². The second-order valence-corrected chi connectivity index (χ2v) is 11.7. The highest BCUT2D eigenvalue weighted by Crippen LogP contribution is 2.39. The van der Waals surface area contributed by atoms with E-state index in [9.17, 15) is 18.0 Å². The van der Waals surface area contributed by atoms with Gasteiger partial charge in [-0.1, -0.05) is 12.5 Å². The predicted molar refractivity (Wildman–Crippen MR) is 121 cm³/mol. The first-order chi connectivity index (χ1) is 15.4. The summed E-state index contributed by atoms with van der Waals surface area (Å²) in [6.07, 6.45) is 6.40. The fourth-order valence-corrected chi connectivity index (χ4v) is 7.77. The fraction of sp³-hybridized carbons (Fsp3) is 0.478. The standard InChI is InChI=1S/C23H26N2O5S2/c1-30-22(27)20-18-10-11-25(21(26)15-5-3-6-15)13-19(18)31-23(20)32(28,29)24-17-9-8-14-4-2-7-16(14)12-17/h8-9,12,15,24H,2-7,10-11,13H2,1H3. The highest BCUT2D eigenvalue weighted by molar-refractivity contribution is 7.94. The molecule has 0 atom stereocenters. The van der Waals surface area contributed by atoms with Crippen LogP contribution < -0.4 is 4.72 Å². The maximum atomic E-state index is 13.4. The second kappa shape index (κ2) is 8.19. The molecule has 1 N–H and O–H groups in total. The number of sulfonamides is 1. The van der Waals surface area contributed by atoms with Crippen LogP contribution in [-0.4, -0.2) is 38.8 Å². The number of amides is 1. The van der Waals surface area contributed by atoms with Gasteiger partial charge >= 0.3 is 5.97 Å². The molecule has 170 valence electrons. The molecule has 7 nitrogen and oxygen atoms in total. The highest BCUT2D eigenvalue weighted by atomic mass is 32.2. The smallest absolute Gasteiger partial charge is 0.340 e. The Morgan fingerprint density at radius 2 is 1.91 bits per heavy atom. The minimum absolute atomic E-state index is 0.0345. The average molecular weight is 475 g/mol. The third kappa shape index (κ3) is 3.71. The lowest BCUT2D eigenvalue weighted by Crippen LogP contribution is -2.41. The molecule has 0 spiro atoms. The van der Waals surface area contributed by atoms with Gasteiger partial charge in [-0.25, -0.2) is 13.2 Å². The molecule has 1 aromatic heterocycles. The van der Waals surface area contributed by atoms with Crippen molar-refractivity contribution in [3.05, 3.63) is 45.3 Å². The number of hydrogen-bond acceptors (Lipinski definition) is 6. The molecule has 1 amide bonds. The van der Waals surface area contributed by atoms with Crippen molar-refractivity contribution in [1.82, 2.24) is 4.90 Å². The van der Waals surface area contributed by atoms with Crippen LogP contribution in [0.4, 0.5) is 5.69 Å². The Bertz CT molecular complexity index is 1200. The van der Waals surface area contributed by atoms with Crippen LogP contribution in [0.5, 0.6) is 0 Å². The SMILES string of the molecule is COC(=O)c1c(S(=O)(=O)Nc2ccc3c(c2)CCC3)sc2c1CCN(C(=O)C1CCC1)C2. The molecule has 5 rings (SSSR count). The topological polar surface area (TPSA) is 92.8 Å². The third-order valence-corrected chi connectivity index (χ3v) is 9.89. The second-order valence-electron chi connectivity index (χ2n) is 8.74. The van der Waals surface area contributed by atoms with E-state index in [2.05, 4.69) is 4.72 Å². The predicted octanol–water partition coefficient (Wildman–Crippen LogP) is 3.51.